The fourth-order valence-corrected chi connectivity index (χ4v) is 3.80. The average molecular weight is 280 g/mol. The van der Waals surface area contributed by atoms with E-state index in [-0.39, 0.29) is 0 Å². The standard InChI is InChI=1S/C12H12N2S3/c1-15-9-3-5-13-7-11(9)17-12-8-14-6-4-10(12)16-2/h3-8H,1-2H3. The van der Waals surface area contributed by atoms with E-state index in [9.17, 15) is 0 Å². The molecule has 17 heavy (non-hydrogen) atoms. The highest BCUT2D eigenvalue weighted by atomic mass is 32.2. The van der Waals surface area contributed by atoms with Gasteiger partial charge in [0, 0.05) is 44.4 Å². The minimum absolute atomic E-state index is 1.18. The lowest BCUT2D eigenvalue weighted by atomic mass is 10.5. The maximum Gasteiger partial charge on any atom is 0.0442 e. The lowest BCUT2D eigenvalue weighted by Crippen LogP contribution is -1.84. The average Bonchev–Trinajstić information content (AvgIpc) is 2.40. The topological polar surface area (TPSA) is 25.8 Å². The highest BCUT2D eigenvalue weighted by Gasteiger charge is 2.07. The van der Waals surface area contributed by atoms with Crippen molar-refractivity contribution in [2.45, 2.75) is 19.6 Å². The number of nitrogens with zero attached hydrogens (tertiary/aromatic N) is 2. The van der Waals surface area contributed by atoms with E-state index < -0.39 is 0 Å². The molecule has 0 saturated carbocycles. The van der Waals surface area contributed by atoms with Crippen molar-refractivity contribution in [3.63, 3.8) is 0 Å². The van der Waals surface area contributed by atoms with Gasteiger partial charge in [-0.15, -0.1) is 23.5 Å². The van der Waals surface area contributed by atoms with Crippen LogP contribution < -0.4 is 0 Å². The molecule has 2 heterocycles. The van der Waals surface area contributed by atoms with Crippen LogP contribution in [0.1, 0.15) is 0 Å². The Hall–Kier alpha value is -0.650. The van der Waals surface area contributed by atoms with Crippen molar-refractivity contribution in [1.29, 1.82) is 0 Å². The van der Waals surface area contributed by atoms with Gasteiger partial charge in [-0.25, -0.2) is 0 Å². The number of hydrogen-bond donors (Lipinski definition) is 0. The van der Waals surface area contributed by atoms with E-state index in [4.69, 9.17) is 0 Å². The highest BCUT2D eigenvalue weighted by Crippen LogP contribution is 2.37. The normalized spacial score (nSPS) is 10.5. The third kappa shape index (κ3) is 3.18. The molecule has 2 aromatic rings. The van der Waals surface area contributed by atoms with E-state index in [1.165, 1.54) is 19.6 Å². The van der Waals surface area contributed by atoms with Crippen molar-refractivity contribution in [1.82, 2.24) is 9.97 Å². The molecule has 5 heteroatoms. The van der Waals surface area contributed by atoms with E-state index >= 15 is 0 Å². The van der Waals surface area contributed by atoms with Gasteiger partial charge in [0.05, 0.1) is 0 Å². The second-order valence-corrected chi connectivity index (χ2v) is 5.94. The van der Waals surface area contributed by atoms with E-state index in [0.717, 1.165) is 0 Å². The Kier molecular flexibility index (Phi) is 4.76. The first-order chi connectivity index (χ1) is 8.35. The maximum absolute atomic E-state index is 4.18. The van der Waals surface area contributed by atoms with Crippen LogP contribution in [0.3, 0.4) is 0 Å². The molecule has 2 nitrogen and oxygen atoms in total. The van der Waals surface area contributed by atoms with Crippen LogP contribution >= 0.6 is 35.3 Å². The SMILES string of the molecule is CSc1ccncc1Sc1cnccc1SC. The number of rotatable bonds is 4. The summed E-state index contributed by atoms with van der Waals surface area (Å²) in [5.41, 5.74) is 0. The molecule has 0 bridgehead atoms. The van der Waals surface area contributed by atoms with Crippen molar-refractivity contribution in [3.05, 3.63) is 36.9 Å². The van der Waals surface area contributed by atoms with Gasteiger partial charge in [-0.2, -0.15) is 0 Å². The summed E-state index contributed by atoms with van der Waals surface area (Å²) in [6.07, 6.45) is 11.6. The van der Waals surface area contributed by atoms with Crippen molar-refractivity contribution < 1.29 is 0 Å². The van der Waals surface area contributed by atoms with Crippen LogP contribution in [-0.4, -0.2) is 22.5 Å². The van der Waals surface area contributed by atoms with Crippen LogP contribution in [0.2, 0.25) is 0 Å². The summed E-state index contributed by atoms with van der Waals surface area (Å²) in [5, 5.41) is 0. The summed E-state index contributed by atoms with van der Waals surface area (Å²) in [6, 6.07) is 4.09. The molecular weight excluding hydrogens is 268 g/mol. The van der Waals surface area contributed by atoms with Gasteiger partial charge in [0.15, 0.2) is 0 Å². The molecule has 88 valence electrons. The van der Waals surface area contributed by atoms with Gasteiger partial charge in [0.25, 0.3) is 0 Å². The molecular formula is C12H12N2S3. The number of pyridine rings is 2. The molecule has 2 rings (SSSR count). The van der Waals surface area contributed by atoms with Gasteiger partial charge in [0.2, 0.25) is 0 Å². The minimum Gasteiger partial charge on any atom is -0.263 e. The second-order valence-electron chi connectivity index (χ2n) is 3.16. The van der Waals surface area contributed by atoms with Crippen LogP contribution in [0, 0.1) is 0 Å². The van der Waals surface area contributed by atoms with E-state index in [2.05, 4.69) is 22.5 Å². The van der Waals surface area contributed by atoms with E-state index in [0.29, 0.717) is 0 Å². The molecule has 0 aliphatic carbocycles. The summed E-state index contributed by atoms with van der Waals surface area (Å²) in [6.45, 7) is 0. The van der Waals surface area contributed by atoms with E-state index in [1.54, 1.807) is 35.3 Å². The Morgan fingerprint density at radius 3 is 1.65 bits per heavy atom. The fourth-order valence-electron chi connectivity index (χ4n) is 1.34. The largest absolute Gasteiger partial charge is 0.263 e. The second kappa shape index (κ2) is 6.33. The summed E-state index contributed by atoms with van der Waals surface area (Å²) >= 11 is 5.20. The Bertz CT molecular complexity index is 457. The van der Waals surface area contributed by atoms with Gasteiger partial charge in [0.1, 0.15) is 0 Å². The van der Waals surface area contributed by atoms with Crippen LogP contribution in [0.4, 0.5) is 0 Å². The van der Waals surface area contributed by atoms with Crippen molar-refractivity contribution in [2.24, 2.45) is 0 Å². The molecule has 0 atom stereocenters. The first-order valence-electron chi connectivity index (χ1n) is 4.99. The van der Waals surface area contributed by atoms with Gasteiger partial charge < -0.3 is 0 Å². The quantitative estimate of drug-likeness (QED) is 0.786. The van der Waals surface area contributed by atoms with Crippen LogP contribution in [0.15, 0.2) is 56.5 Å². The van der Waals surface area contributed by atoms with Crippen molar-refractivity contribution in [3.8, 4) is 0 Å². The predicted octanol–water partition coefficient (Wildman–Crippen LogP) is 4.07. The summed E-state index contributed by atoms with van der Waals surface area (Å²) < 4.78 is 0. The number of aromatic nitrogens is 2. The predicted molar refractivity (Wildman–Crippen MR) is 76.2 cm³/mol. The zero-order valence-corrected chi connectivity index (χ0v) is 12.0. The Morgan fingerprint density at radius 2 is 1.24 bits per heavy atom. The molecule has 0 aliphatic heterocycles. The molecule has 0 aliphatic rings. The maximum atomic E-state index is 4.18. The number of hydrogen-bond acceptors (Lipinski definition) is 5. The molecule has 0 spiro atoms. The van der Waals surface area contributed by atoms with Crippen LogP contribution in [0.5, 0.6) is 0 Å². The summed E-state index contributed by atoms with van der Waals surface area (Å²) in [5.74, 6) is 0. The smallest absolute Gasteiger partial charge is 0.0442 e. The zero-order valence-electron chi connectivity index (χ0n) is 9.58. The Labute approximate surface area is 114 Å². The monoisotopic (exact) mass is 280 g/mol. The molecule has 0 radical (unpaired) electrons. The summed E-state index contributed by atoms with van der Waals surface area (Å²) in [4.78, 5) is 13.2. The lowest BCUT2D eigenvalue weighted by Gasteiger charge is -2.08. The Morgan fingerprint density at radius 1 is 0.765 bits per heavy atom. The van der Waals surface area contributed by atoms with Gasteiger partial charge in [-0.05, 0) is 24.6 Å². The molecule has 0 amide bonds. The first kappa shape index (κ1) is 12.8. The van der Waals surface area contributed by atoms with Crippen LogP contribution in [-0.2, 0) is 0 Å². The first-order valence-corrected chi connectivity index (χ1v) is 8.25. The van der Waals surface area contributed by atoms with Gasteiger partial charge in [-0.3, -0.25) is 9.97 Å². The fraction of sp³-hybridized carbons (Fsp3) is 0.167. The van der Waals surface area contributed by atoms with Gasteiger partial charge in [-0.1, -0.05) is 11.8 Å². The van der Waals surface area contributed by atoms with Gasteiger partial charge >= 0.3 is 0 Å². The molecule has 0 N–H and O–H groups in total. The molecule has 0 unspecified atom stereocenters. The molecule has 0 fully saturated rings. The summed E-state index contributed by atoms with van der Waals surface area (Å²) in [7, 11) is 0. The highest BCUT2D eigenvalue weighted by molar-refractivity contribution is 8.03. The lowest BCUT2D eigenvalue weighted by molar-refractivity contribution is 1.10. The molecule has 0 aromatic carbocycles. The zero-order chi connectivity index (χ0) is 12.1. The molecule has 2 aromatic heterocycles. The minimum atomic E-state index is 1.18. The van der Waals surface area contributed by atoms with Crippen molar-refractivity contribution >= 4 is 35.3 Å². The van der Waals surface area contributed by atoms with Crippen molar-refractivity contribution in [2.75, 3.05) is 12.5 Å². The van der Waals surface area contributed by atoms with Crippen LogP contribution in [0.25, 0.3) is 0 Å². The third-order valence-corrected chi connectivity index (χ3v) is 5.09. The molecule has 0 saturated heterocycles. The third-order valence-electron chi connectivity index (χ3n) is 2.15. The Balaban J connectivity index is 2.31. The number of thioether (sulfide) groups is 2. The van der Waals surface area contributed by atoms with E-state index in [1.807, 2.05) is 36.9 Å².